The van der Waals surface area contributed by atoms with E-state index in [2.05, 4.69) is 24.4 Å². The summed E-state index contributed by atoms with van der Waals surface area (Å²) in [7, 11) is 1.97. The highest BCUT2D eigenvalue weighted by molar-refractivity contribution is 5.43. The molecule has 0 aromatic heterocycles. The zero-order valence-corrected chi connectivity index (χ0v) is 9.25. The fourth-order valence-corrected chi connectivity index (χ4v) is 1.67. The molecular formula is C12H17NO2. The number of ether oxygens (including phenoxy) is 2. The van der Waals surface area contributed by atoms with Crippen molar-refractivity contribution in [2.45, 2.75) is 19.4 Å². The molecule has 0 spiro atoms. The molecule has 1 aromatic rings. The third-order valence-corrected chi connectivity index (χ3v) is 2.64. The largest absolute Gasteiger partial charge is 0.486 e. The maximum atomic E-state index is 5.53. The zero-order chi connectivity index (χ0) is 10.7. The predicted octanol–water partition coefficient (Wildman–Crippen LogP) is 1.61. The number of likely N-dealkylation sites (N-methyl/N-ethyl adjacent to an activating group) is 1. The second kappa shape index (κ2) is 4.53. The van der Waals surface area contributed by atoms with Crippen molar-refractivity contribution in [3.8, 4) is 11.5 Å². The molecule has 3 heteroatoms. The topological polar surface area (TPSA) is 30.5 Å². The van der Waals surface area contributed by atoms with Crippen LogP contribution in [0.4, 0.5) is 0 Å². The summed E-state index contributed by atoms with van der Waals surface area (Å²) < 4.78 is 11.0. The minimum Gasteiger partial charge on any atom is -0.486 e. The summed E-state index contributed by atoms with van der Waals surface area (Å²) in [5.41, 5.74) is 1.28. The van der Waals surface area contributed by atoms with E-state index in [4.69, 9.17) is 9.47 Å². The Bertz CT molecular complexity index is 338. The lowest BCUT2D eigenvalue weighted by atomic mass is 10.1. The van der Waals surface area contributed by atoms with Crippen molar-refractivity contribution >= 4 is 0 Å². The molecule has 1 aliphatic heterocycles. The Kier molecular flexibility index (Phi) is 3.11. The highest BCUT2D eigenvalue weighted by atomic mass is 16.6. The Morgan fingerprint density at radius 2 is 2.00 bits per heavy atom. The molecule has 15 heavy (non-hydrogen) atoms. The van der Waals surface area contributed by atoms with Gasteiger partial charge in [-0.1, -0.05) is 6.07 Å². The Morgan fingerprint density at radius 3 is 2.73 bits per heavy atom. The van der Waals surface area contributed by atoms with Crippen molar-refractivity contribution in [2.24, 2.45) is 0 Å². The predicted molar refractivity (Wildman–Crippen MR) is 59.7 cm³/mol. The maximum absolute atomic E-state index is 5.53. The number of nitrogens with one attached hydrogen (secondary N) is 1. The van der Waals surface area contributed by atoms with Crippen LogP contribution in [0.2, 0.25) is 0 Å². The lowest BCUT2D eigenvalue weighted by Gasteiger charge is -2.19. The Balaban J connectivity index is 2.13. The van der Waals surface area contributed by atoms with Crippen LogP contribution in [0.3, 0.4) is 0 Å². The number of benzene rings is 1. The first kappa shape index (κ1) is 10.3. The van der Waals surface area contributed by atoms with E-state index in [-0.39, 0.29) is 0 Å². The van der Waals surface area contributed by atoms with Crippen LogP contribution in [0.25, 0.3) is 0 Å². The second-order valence-electron chi connectivity index (χ2n) is 3.87. The number of fused-ring (bicyclic) bond motifs is 1. The molecule has 0 aliphatic carbocycles. The summed E-state index contributed by atoms with van der Waals surface area (Å²) >= 11 is 0. The summed E-state index contributed by atoms with van der Waals surface area (Å²) in [5, 5.41) is 3.22. The average molecular weight is 207 g/mol. The van der Waals surface area contributed by atoms with E-state index in [1.54, 1.807) is 0 Å². The Morgan fingerprint density at radius 1 is 1.27 bits per heavy atom. The third-order valence-electron chi connectivity index (χ3n) is 2.64. The third kappa shape index (κ3) is 2.42. The van der Waals surface area contributed by atoms with E-state index >= 15 is 0 Å². The van der Waals surface area contributed by atoms with Crippen LogP contribution in [0.15, 0.2) is 18.2 Å². The molecule has 1 aromatic carbocycles. The first-order valence-corrected chi connectivity index (χ1v) is 5.35. The van der Waals surface area contributed by atoms with Gasteiger partial charge in [-0.25, -0.2) is 0 Å². The molecular weight excluding hydrogens is 190 g/mol. The molecule has 0 saturated carbocycles. The Labute approximate surface area is 90.4 Å². The minimum absolute atomic E-state index is 0.479. The van der Waals surface area contributed by atoms with Gasteiger partial charge in [0.25, 0.3) is 0 Å². The fraction of sp³-hybridized carbons (Fsp3) is 0.500. The summed E-state index contributed by atoms with van der Waals surface area (Å²) in [5.74, 6) is 1.74. The monoisotopic (exact) mass is 207 g/mol. The van der Waals surface area contributed by atoms with Crippen LogP contribution in [0.1, 0.15) is 12.5 Å². The number of hydrogen-bond donors (Lipinski definition) is 1. The van der Waals surface area contributed by atoms with Crippen LogP contribution in [-0.4, -0.2) is 26.3 Å². The summed E-state index contributed by atoms with van der Waals surface area (Å²) in [6, 6.07) is 6.64. The van der Waals surface area contributed by atoms with Crippen LogP contribution in [-0.2, 0) is 6.42 Å². The van der Waals surface area contributed by atoms with Gasteiger partial charge >= 0.3 is 0 Å². The standard InChI is InChI=1S/C12H17NO2/c1-9(13-2)7-10-3-4-11-12(8-10)15-6-5-14-11/h3-4,8-9,13H,5-7H2,1-2H3. The van der Waals surface area contributed by atoms with Gasteiger partial charge in [0.05, 0.1) is 0 Å². The van der Waals surface area contributed by atoms with Crippen molar-refractivity contribution in [1.29, 1.82) is 0 Å². The molecule has 82 valence electrons. The number of hydrogen-bond acceptors (Lipinski definition) is 3. The van der Waals surface area contributed by atoms with Crippen LogP contribution in [0, 0.1) is 0 Å². The molecule has 2 rings (SSSR count). The summed E-state index contributed by atoms with van der Waals surface area (Å²) in [6.07, 6.45) is 1.01. The average Bonchev–Trinajstić information content (AvgIpc) is 2.29. The van der Waals surface area contributed by atoms with Gasteiger partial charge in [-0.3, -0.25) is 0 Å². The van der Waals surface area contributed by atoms with Gasteiger partial charge in [-0.05, 0) is 38.1 Å². The molecule has 0 saturated heterocycles. The van der Waals surface area contributed by atoms with Gasteiger partial charge in [-0.15, -0.1) is 0 Å². The summed E-state index contributed by atoms with van der Waals surface area (Å²) in [6.45, 7) is 3.47. The van der Waals surface area contributed by atoms with Gasteiger partial charge in [0.15, 0.2) is 11.5 Å². The van der Waals surface area contributed by atoms with Gasteiger partial charge in [0, 0.05) is 6.04 Å². The first-order valence-electron chi connectivity index (χ1n) is 5.35. The highest BCUT2D eigenvalue weighted by Gasteiger charge is 2.12. The molecule has 0 fully saturated rings. The van der Waals surface area contributed by atoms with Crippen LogP contribution >= 0.6 is 0 Å². The van der Waals surface area contributed by atoms with Crippen molar-refractivity contribution in [3.63, 3.8) is 0 Å². The van der Waals surface area contributed by atoms with E-state index in [0.717, 1.165) is 17.9 Å². The Hall–Kier alpha value is -1.22. The quantitative estimate of drug-likeness (QED) is 0.816. The van der Waals surface area contributed by atoms with Crippen LogP contribution < -0.4 is 14.8 Å². The lowest BCUT2D eigenvalue weighted by Crippen LogP contribution is -2.23. The van der Waals surface area contributed by atoms with Gasteiger partial charge < -0.3 is 14.8 Å². The second-order valence-corrected chi connectivity index (χ2v) is 3.87. The van der Waals surface area contributed by atoms with Gasteiger partial charge in [0.2, 0.25) is 0 Å². The van der Waals surface area contributed by atoms with E-state index in [1.165, 1.54) is 5.56 Å². The fourth-order valence-electron chi connectivity index (χ4n) is 1.67. The molecule has 3 nitrogen and oxygen atoms in total. The SMILES string of the molecule is CNC(C)Cc1ccc2c(c1)OCCO2. The van der Waals surface area contributed by atoms with E-state index in [0.29, 0.717) is 19.3 Å². The first-order chi connectivity index (χ1) is 7.29. The molecule has 0 radical (unpaired) electrons. The van der Waals surface area contributed by atoms with E-state index < -0.39 is 0 Å². The van der Waals surface area contributed by atoms with Gasteiger partial charge in [-0.2, -0.15) is 0 Å². The highest BCUT2D eigenvalue weighted by Crippen LogP contribution is 2.30. The molecule has 0 bridgehead atoms. The molecule has 0 amide bonds. The lowest BCUT2D eigenvalue weighted by molar-refractivity contribution is 0.171. The van der Waals surface area contributed by atoms with Crippen LogP contribution in [0.5, 0.6) is 11.5 Å². The zero-order valence-electron chi connectivity index (χ0n) is 9.25. The maximum Gasteiger partial charge on any atom is 0.161 e. The van der Waals surface area contributed by atoms with Crippen molar-refractivity contribution < 1.29 is 9.47 Å². The van der Waals surface area contributed by atoms with E-state index in [9.17, 15) is 0 Å². The normalized spacial score (nSPS) is 16.1. The smallest absolute Gasteiger partial charge is 0.161 e. The van der Waals surface area contributed by atoms with Crippen molar-refractivity contribution in [1.82, 2.24) is 5.32 Å². The molecule has 1 aliphatic rings. The van der Waals surface area contributed by atoms with Crippen molar-refractivity contribution in [3.05, 3.63) is 23.8 Å². The number of rotatable bonds is 3. The molecule has 1 N–H and O–H groups in total. The van der Waals surface area contributed by atoms with Gasteiger partial charge in [0.1, 0.15) is 13.2 Å². The molecule has 1 atom stereocenters. The van der Waals surface area contributed by atoms with Crippen molar-refractivity contribution in [2.75, 3.05) is 20.3 Å². The molecule has 1 heterocycles. The molecule has 1 unspecified atom stereocenters. The summed E-state index contributed by atoms with van der Waals surface area (Å²) in [4.78, 5) is 0. The minimum atomic E-state index is 0.479. The van der Waals surface area contributed by atoms with E-state index in [1.807, 2.05) is 13.1 Å².